The third kappa shape index (κ3) is 5.45. The second kappa shape index (κ2) is 6.95. The molecule has 0 saturated carbocycles. The molecule has 0 aromatic carbocycles. The van der Waals surface area contributed by atoms with E-state index in [1.807, 2.05) is 0 Å². The zero-order valence-electron chi connectivity index (χ0n) is 11.1. The fraction of sp³-hybridized carbons (Fsp3) is 0.818. The van der Waals surface area contributed by atoms with Crippen LogP contribution in [-0.2, 0) is 0 Å². The standard InChI is InChI=1S/C11H17F3N4S2/c1-18-4-2-3-8(5-18)6-19-10-17-16-9(20-10)15-7-11(12,13)14/h8H,2-7H2,1H3,(H,15,16). The van der Waals surface area contributed by atoms with Gasteiger partial charge < -0.3 is 10.2 Å². The number of anilines is 1. The van der Waals surface area contributed by atoms with Crippen LogP contribution in [0.25, 0.3) is 0 Å². The van der Waals surface area contributed by atoms with Gasteiger partial charge in [-0.15, -0.1) is 10.2 Å². The van der Waals surface area contributed by atoms with Crippen LogP contribution < -0.4 is 5.32 Å². The summed E-state index contributed by atoms with van der Waals surface area (Å²) in [5.41, 5.74) is 0. The Kier molecular flexibility index (Phi) is 5.50. The zero-order chi connectivity index (χ0) is 14.6. The number of alkyl halides is 3. The van der Waals surface area contributed by atoms with Crippen LogP contribution in [0.5, 0.6) is 0 Å². The Morgan fingerprint density at radius 2 is 2.25 bits per heavy atom. The largest absolute Gasteiger partial charge is 0.405 e. The number of rotatable bonds is 5. The Labute approximate surface area is 124 Å². The van der Waals surface area contributed by atoms with E-state index in [0.29, 0.717) is 5.92 Å². The number of nitrogens with zero attached hydrogens (tertiary/aromatic N) is 3. The van der Waals surface area contributed by atoms with E-state index in [4.69, 9.17) is 0 Å². The van der Waals surface area contributed by atoms with E-state index in [-0.39, 0.29) is 5.13 Å². The summed E-state index contributed by atoms with van der Waals surface area (Å²) in [7, 11) is 2.11. The van der Waals surface area contributed by atoms with Crippen LogP contribution in [0.3, 0.4) is 0 Å². The third-order valence-corrected chi connectivity index (χ3v) is 5.26. The maximum absolute atomic E-state index is 12.1. The first-order valence-corrected chi connectivity index (χ1v) is 8.18. The second-order valence-electron chi connectivity index (χ2n) is 4.92. The molecule has 1 N–H and O–H groups in total. The molecule has 1 aromatic rings. The zero-order valence-corrected chi connectivity index (χ0v) is 12.7. The van der Waals surface area contributed by atoms with E-state index < -0.39 is 12.7 Å². The fourth-order valence-electron chi connectivity index (χ4n) is 2.11. The van der Waals surface area contributed by atoms with Crippen LogP contribution in [0.15, 0.2) is 4.34 Å². The number of thioether (sulfide) groups is 1. The second-order valence-corrected chi connectivity index (χ2v) is 7.17. The molecule has 1 unspecified atom stereocenters. The van der Waals surface area contributed by atoms with Crippen LogP contribution in [0, 0.1) is 5.92 Å². The normalized spacial score (nSPS) is 21.1. The number of nitrogens with one attached hydrogen (secondary N) is 1. The molecule has 0 spiro atoms. The SMILES string of the molecule is CN1CCCC(CSc2nnc(NCC(F)(F)F)s2)C1. The van der Waals surface area contributed by atoms with Crippen molar-refractivity contribution in [3.05, 3.63) is 0 Å². The maximum Gasteiger partial charge on any atom is 0.405 e. The summed E-state index contributed by atoms with van der Waals surface area (Å²) in [5.74, 6) is 1.56. The molecule has 1 saturated heterocycles. The van der Waals surface area contributed by atoms with Crippen molar-refractivity contribution in [2.45, 2.75) is 23.4 Å². The smallest absolute Gasteiger partial charge is 0.351 e. The lowest BCUT2D eigenvalue weighted by atomic mass is 10.0. The highest BCUT2D eigenvalue weighted by Crippen LogP contribution is 2.29. The first-order chi connectivity index (χ1) is 9.42. The molecule has 0 bridgehead atoms. The summed E-state index contributed by atoms with van der Waals surface area (Å²) < 4.78 is 36.9. The highest BCUT2D eigenvalue weighted by atomic mass is 32.2. The Morgan fingerprint density at radius 3 is 2.95 bits per heavy atom. The molecule has 1 fully saturated rings. The first kappa shape index (κ1) is 15.8. The van der Waals surface area contributed by atoms with Gasteiger partial charge in [0.1, 0.15) is 6.54 Å². The van der Waals surface area contributed by atoms with E-state index in [0.717, 1.165) is 23.2 Å². The van der Waals surface area contributed by atoms with Gasteiger partial charge in [0, 0.05) is 12.3 Å². The number of hydrogen-bond donors (Lipinski definition) is 1. The molecule has 0 aliphatic carbocycles. The number of piperidine rings is 1. The summed E-state index contributed by atoms with van der Waals surface area (Å²) in [6.07, 6.45) is -1.82. The first-order valence-electron chi connectivity index (χ1n) is 6.38. The molecule has 1 aromatic heterocycles. The molecule has 1 aliphatic heterocycles. The Balaban J connectivity index is 1.75. The average Bonchev–Trinajstić information content (AvgIpc) is 2.81. The Hall–Kier alpha value is -0.540. The average molecular weight is 326 g/mol. The van der Waals surface area contributed by atoms with Crippen molar-refractivity contribution in [2.75, 3.05) is 37.8 Å². The summed E-state index contributed by atoms with van der Waals surface area (Å²) in [5, 5.41) is 10.1. The van der Waals surface area contributed by atoms with Crippen molar-refractivity contribution in [1.29, 1.82) is 0 Å². The van der Waals surface area contributed by atoms with Gasteiger partial charge in [-0.1, -0.05) is 23.1 Å². The lowest BCUT2D eigenvalue weighted by Gasteiger charge is -2.29. The van der Waals surface area contributed by atoms with Gasteiger partial charge in [0.2, 0.25) is 5.13 Å². The van der Waals surface area contributed by atoms with Crippen LogP contribution in [0.2, 0.25) is 0 Å². The van der Waals surface area contributed by atoms with Crippen molar-refractivity contribution >= 4 is 28.2 Å². The van der Waals surface area contributed by atoms with Gasteiger partial charge in [-0.05, 0) is 32.4 Å². The quantitative estimate of drug-likeness (QED) is 0.843. The van der Waals surface area contributed by atoms with E-state index >= 15 is 0 Å². The Bertz CT molecular complexity index is 424. The lowest BCUT2D eigenvalue weighted by Crippen LogP contribution is -2.33. The van der Waals surface area contributed by atoms with Gasteiger partial charge in [0.05, 0.1) is 0 Å². The van der Waals surface area contributed by atoms with E-state index in [9.17, 15) is 13.2 Å². The minimum Gasteiger partial charge on any atom is -0.351 e. The van der Waals surface area contributed by atoms with Gasteiger partial charge in [0.15, 0.2) is 4.34 Å². The summed E-state index contributed by atoms with van der Waals surface area (Å²) in [6, 6.07) is 0. The molecule has 1 atom stereocenters. The molecular formula is C11H17F3N4S2. The predicted octanol–water partition coefficient (Wildman–Crippen LogP) is 2.95. The van der Waals surface area contributed by atoms with Gasteiger partial charge >= 0.3 is 6.18 Å². The highest BCUT2D eigenvalue weighted by molar-refractivity contribution is 8.01. The Morgan fingerprint density at radius 1 is 1.45 bits per heavy atom. The van der Waals surface area contributed by atoms with Crippen molar-refractivity contribution in [3.8, 4) is 0 Å². The van der Waals surface area contributed by atoms with Crippen LogP contribution in [0.4, 0.5) is 18.3 Å². The predicted molar refractivity (Wildman–Crippen MR) is 75.4 cm³/mol. The topological polar surface area (TPSA) is 41.1 Å². The lowest BCUT2D eigenvalue weighted by molar-refractivity contribution is -0.115. The molecule has 20 heavy (non-hydrogen) atoms. The summed E-state index contributed by atoms with van der Waals surface area (Å²) >= 11 is 2.76. The minimum atomic E-state index is -4.23. The number of aromatic nitrogens is 2. The van der Waals surface area contributed by atoms with Crippen LogP contribution in [-0.4, -0.2) is 53.7 Å². The minimum absolute atomic E-state index is 0.227. The molecule has 114 valence electrons. The fourth-order valence-corrected chi connectivity index (χ4v) is 4.01. The van der Waals surface area contributed by atoms with Crippen molar-refractivity contribution in [2.24, 2.45) is 5.92 Å². The summed E-state index contributed by atoms with van der Waals surface area (Å²) in [6.45, 7) is 1.15. The van der Waals surface area contributed by atoms with Crippen LogP contribution in [0.1, 0.15) is 12.8 Å². The molecule has 0 radical (unpaired) electrons. The molecule has 1 aliphatic rings. The highest BCUT2D eigenvalue weighted by Gasteiger charge is 2.27. The third-order valence-electron chi connectivity index (χ3n) is 3.01. The molecule has 0 amide bonds. The molecule has 9 heteroatoms. The van der Waals surface area contributed by atoms with Gasteiger partial charge in [-0.25, -0.2) is 0 Å². The van der Waals surface area contributed by atoms with Gasteiger partial charge in [-0.3, -0.25) is 0 Å². The van der Waals surface area contributed by atoms with E-state index in [1.54, 1.807) is 11.8 Å². The number of halogens is 3. The van der Waals surface area contributed by atoms with Crippen LogP contribution >= 0.6 is 23.1 Å². The van der Waals surface area contributed by atoms with Gasteiger partial charge in [-0.2, -0.15) is 13.2 Å². The molecule has 2 rings (SSSR count). The van der Waals surface area contributed by atoms with Gasteiger partial charge in [0.25, 0.3) is 0 Å². The van der Waals surface area contributed by atoms with E-state index in [1.165, 1.54) is 24.2 Å². The van der Waals surface area contributed by atoms with Crippen molar-refractivity contribution in [3.63, 3.8) is 0 Å². The number of hydrogen-bond acceptors (Lipinski definition) is 6. The summed E-state index contributed by atoms with van der Waals surface area (Å²) in [4.78, 5) is 2.31. The molecule has 4 nitrogen and oxygen atoms in total. The maximum atomic E-state index is 12.1. The monoisotopic (exact) mass is 326 g/mol. The number of likely N-dealkylation sites (tertiary alicyclic amines) is 1. The molecule has 2 heterocycles. The molecular weight excluding hydrogens is 309 g/mol. The van der Waals surface area contributed by atoms with E-state index in [2.05, 4.69) is 27.5 Å². The van der Waals surface area contributed by atoms with Crippen molar-refractivity contribution in [1.82, 2.24) is 15.1 Å². The van der Waals surface area contributed by atoms with Crippen molar-refractivity contribution < 1.29 is 13.2 Å².